The minimum Gasteiger partial charge on any atom is -0.381 e. The number of rotatable bonds is 3. The summed E-state index contributed by atoms with van der Waals surface area (Å²) in [6.07, 6.45) is 1.62. The molecule has 0 radical (unpaired) electrons. The number of nitrogens with one attached hydrogen (secondary N) is 2. The van der Waals surface area contributed by atoms with Crippen LogP contribution in [0.1, 0.15) is 5.56 Å². The number of H-pyrrole nitrogens is 1. The minimum atomic E-state index is -0.0867. The molecule has 2 heterocycles. The lowest BCUT2D eigenvalue weighted by Crippen LogP contribution is -2.15. The van der Waals surface area contributed by atoms with Crippen molar-refractivity contribution in [2.75, 3.05) is 5.32 Å². The monoisotopic (exact) mass is 285 g/mol. The molecule has 0 amide bonds. The SMILES string of the molecule is O=c1[nH]c2ccccc2cc1CNc1ccnc(Cl)c1. The number of aromatic nitrogens is 2. The largest absolute Gasteiger partial charge is 0.381 e. The lowest BCUT2D eigenvalue weighted by molar-refractivity contribution is 1.09. The number of fused-ring (bicyclic) bond motifs is 1. The number of halogens is 1. The topological polar surface area (TPSA) is 57.8 Å². The molecule has 20 heavy (non-hydrogen) atoms. The van der Waals surface area contributed by atoms with Gasteiger partial charge >= 0.3 is 0 Å². The highest BCUT2D eigenvalue weighted by Gasteiger charge is 2.03. The molecule has 0 aliphatic heterocycles. The third kappa shape index (κ3) is 2.65. The van der Waals surface area contributed by atoms with E-state index in [1.807, 2.05) is 30.3 Å². The smallest absolute Gasteiger partial charge is 0.253 e. The summed E-state index contributed by atoms with van der Waals surface area (Å²) in [6.45, 7) is 0.431. The Bertz CT molecular complexity index is 813. The molecule has 0 unspecified atom stereocenters. The van der Waals surface area contributed by atoms with Gasteiger partial charge in [0, 0.05) is 29.5 Å². The Kier molecular flexibility index (Phi) is 3.39. The highest BCUT2D eigenvalue weighted by molar-refractivity contribution is 6.29. The molecule has 2 aromatic heterocycles. The summed E-state index contributed by atoms with van der Waals surface area (Å²) >= 11 is 5.82. The van der Waals surface area contributed by atoms with Crippen LogP contribution in [0.4, 0.5) is 5.69 Å². The van der Waals surface area contributed by atoms with Crippen molar-refractivity contribution in [3.05, 3.63) is 69.7 Å². The molecule has 4 nitrogen and oxygen atoms in total. The molecule has 0 aliphatic rings. The van der Waals surface area contributed by atoms with Crippen molar-refractivity contribution in [2.45, 2.75) is 6.54 Å². The number of anilines is 1. The van der Waals surface area contributed by atoms with E-state index in [2.05, 4.69) is 15.3 Å². The predicted octanol–water partition coefficient (Wildman–Crippen LogP) is 3.19. The number of hydrogen-bond donors (Lipinski definition) is 2. The Morgan fingerprint density at radius 3 is 2.90 bits per heavy atom. The van der Waals surface area contributed by atoms with Crippen molar-refractivity contribution in [3.63, 3.8) is 0 Å². The fraction of sp³-hybridized carbons (Fsp3) is 0.0667. The van der Waals surface area contributed by atoms with E-state index >= 15 is 0 Å². The Morgan fingerprint density at radius 2 is 2.05 bits per heavy atom. The normalized spacial score (nSPS) is 10.7. The lowest BCUT2D eigenvalue weighted by Gasteiger charge is -2.07. The predicted molar refractivity (Wildman–Crippen MR) is 81.1 cm³/mol. The van der Waals surface area contributed by atoms with E-state index in [4.69, 9.17) is 11.6 Å². The Hall–Kier alpha value is -2.33. The van der Waals surface area contributed by atoms with Gasteiger partial charge in [-0.05, 0) is 29.7 Å². The molecule has 0 fully saturated rings. The van der Waals surface area contributed by atoms with Crippen LogP contribution in [0.3, 0.4) is 0 Å². The van der Waals surface area contributed by atoms with Gasteiger partial charge in [0.25, 0.3) is 5.56 Å². The van der Waals surface area contributed by atoms with Crippen molar-refractivity contribution in [2.24, 2.45) is 0 Å². The Morgan fingerprint density at radius 1 is 1.20 bits per heavy atom. The number of nitrogens with zero attached hydrogens (tertiary/aromatic N) is 1. The summed E-state index contributed by atoms with van der Waals surface area (Å²) in [7, 11) is 0. The van der Waals surface area contributed by atoms with Crippen LogP contribution in [0.15, 0.2) is 53.5 Å². The third-order valence-corrected chi connectivity index (χ3v) is 3.25. The van der Waals surface area contributed by atoms with Gasteiger partial charge in [0.15, 0.2) is 0 Å². The number of pyridine rings is 2. The second kappa shape index (κ2) is 5.35. The van der Waals surface area contributed by atoms with Crippen LogP contribution >= 0.6 is 11.6 Å². The highest BCUT2D eigenvalue weighted by atomic mass is 35.5. The molecule has 1 aromatic carbocycles. The average molecular weight is 286 g/mol. The quantitative estimate of drug-likeness (QED) is 0.727. The van der Waals surface area contributed by atoms with Crippen molar-refractivity contribution in [1.29, 1.82) is 0 Å². The molecular weight excluding hydrogens is 274 g/mol. The van der Waals surface area contributed by atoms with Crippen LogP contribution < -0.4 is 10.9 Å². The first kappa shape index (κ1) is 12.7. The second-order valence-corrected chi connectivity index (χ2v) is 4.82. The first-order valence-corrected chi connectivity index (χ1v) is 6.56. The van der Waals surface area contributed by atoms with Gasteiger partial charge in [0.2, 0.25) is 0 Å². The van der Waals surface area contributed by atoms with Crippen molar-refractivity contribution < 1.29 is 0 Å². The zero-order valence-electron chi connectivity index (χ0n) is 10.6. The highest BCUT2D eigenvalue weighted by Crippen LogP contribution is 2.14. The van der Waals surface area contributed by atoms with Crippen molar-refractivity contribution in [3.8, 4) is 0 Å². The molecule has 0 aliphatic carbocycles. The van der Waals surface area contributed by atoms with Crippen LogP contribution in [0, 0.1) is 0 Å². The number of aromatic amines is 1. The van der Waals surface area contributed by atoms with Gasteiger partial charge in [-0.1, -0.05) is 29.8 Å². The molecular formula is C15H12ClN3O. The summed E-state index contributed by atoms with van der Waals surface area (Å²) in [5.74, 6) is 0. The molecule has 0 spiro atoms. The van der Waals surface area contributed by atoms with Crippen molar-refractivity contribution in [1.82, 2.24) is 9.97 Å². The molecule has 5 heteroatoms. The average Bonchev–Trinajstić information content (AvgIpc) is 2.45. The van der Waals surface area contributed by atoms with Gasteiger partial charge in [-0.2, -0.15) is 0 Å². The third-order valence-electron chi connectivity index (χ3n) is 3.04. The van der Waals surface area contributed by atoms with E-state index in [1.54, 1.807) is 18.3 Å². The first-order valence-electron chi connectivity index (χ1n) is 6.19. The van der Waals surface area contributed by atoms with Gasteiger partial charge in [-0.25, -0.2) is 4.98 Å². The van der Waals surface area contributed by atoms with E-state index in [0.717, 1.165) is 16.6 Å². The van der Waals surface area contributed by atoms with Crippen LogP contribution in [-0.4, -0.2) is 9.97 Å². The summed E-state index contributed by atoms with van der Waals surface area (Å²) < 4.78 is 0. The van der Waals surface area contributed by atoms with E-state index in [9.17, 15) is 4.79 Å². The van der Waals surface area contributed by atoms with E-state index < -0.39 is 0 Å². The molecule has 0 atom stereocenters. The Labute approximate surface area is 120 Å². The lowest BCUT2D eigenvalue weighted by atomic mass is 10.1. The zero-order valence-corrected chi connectivity index (χ0v) is 11.3. The summed E-state index contributed by atoms with van der Waals surface area (Å²) in [5.41, 5.74) is 2.26. The van der Waals surface area contributed by atoms with Gasteiger partial charge in [-0.15, -0.1) is 0 Å². The Balaban J connectivity index is 1.87. The van der Waals surface area contributed by atoms with Crippen LogP contribution in [0.25, 0.3) is 10.9 Å². The van der Waals surface area contributed by atoms with Gasteiger partial charge in [0.05, 0.1) is 0 Å². The maximum Gasteiger partial charge on any atom is 0.253 e. The molecule has 2 N–H and O–H groups in total. The number of para-hydroxylation sites is 1. The molecule has 0 saturated carbocycles. The fourth-order valence-corrected chi connectivity index (χ4v) is 2.21. The standard InChI is InChI=1S/C15H12ClN3O/c16-14-8-12(5-6-17-14)18-9-11-7-10-3-1-2-4-13(10)19-15(11)20/h1-8H,9H2,(H,17,18)(H,19,20). The molecule has 0 saturated heterocycles. The second-order valence-electron chi connectivity index (χ2n) is 4.43. The van der Waals surface area contributed by atoms with Crippen LogP contribution in [0.2, 0.25) is 5.15 Å². The number of benzene rings is 1. The summed E-state index contributed by atoms with van der Waals surface area (Å²) in [6, 6.07) is 13.1. The van der Waals surface area contributed by atoms with Crippen molar-refractivity contribution >= 4 is 28.2 Å². The zero-order chi connectivity index (χ0) is 13.9. The van der Waals surface area contributed by atoms with Crippen LogP contribution in [0.5, 0.6) is 0 Å². The maximum atomic E-state index is 12.0. The fourth-order valence-electron chi connectivity index (χ4n) is 2.03. The molecule has 3 rings (SSSR count). The van der Waals surface area contributed by atoms with E-state index in [-0.39, 0.29) is 5.56 Å². The summed E-state index contributed by atoms with van der Waals surface area (Å²) in [5, 5.41) is 4.59. The van der Waals surface area contributed by atoms with E-state index in [1.165, 1.54) is 0 Å². The van der Waals surface area contributed by atoms with E-state index in [0.29, 0.717) is 17.3 Å². The van der Waals surface area contributed by atoms with Gasteiger partial charge < -0.3 is 10.3 Å². The van der Waals surface area contributed by atoms with Gasteiger partial charge in [0.1, 0.15) is 5.15 Å². The number of hydrogen-bond acceptors (Lipinski definition) is 3. The van der Waals surface area contributed by atoms with Crippen LogP contribution in [-0.2, 0) is 6.54 Å². The molecule has 100 valence electrons. The maximum absolute atomic E-state index is 12.0. The van der Waals surface area contributed by atoms with Gasteiger partial charge in [-0.3, -0.25) is 4.79 Å². The molecule has 0 bridgehead atoms. The first-order chi connectivity index (χ1) is 9.72. The summed E-state index contributed by atoms with van der Waals surface area (Å²) in [4.78, 5) is 18.8. The molecule has 3 aromatic rings. The minimum absolute atomic E-state index is 0.0867.